The predicted octanol–water partition coefficient (Wildman–Crippen LogP) is 3.77. The number of morpholine rings is 1. The SMILES string of the molecule is COCOc1ccccc1-c1cc(-c2cnn(C(C)C#C[C@H]3CN(C(=O)OC(C)(C)C)CCO3)c2)c(N)nn1. The maximum Gasteiger partial charge on any atom is 0.410 e. The van der Waals surface area contributed by atoms with Crippen molar-refractivity contribution < 1.29 is 23.7 Å². The summed E-state index contributed by atoms with van der Waals surface area (Å²) in [6.07, 6.45) is 2.80. The zero-order valence-corrected chi connectivity index (χ0v) is 22.9. The van der Waals surface area contributed by atoms with Crippen LogP contribution in [0, 0.1) is 11.8 Å². The van der Waals surface area contributed by atoms with Crippen molar-refractivity contribution in [2.24, 2.45) is 0 Å². The van der Waals surface area contributed by atoms with Crippen molar-refractivity contribution in [3.63, 3.8) is 0 Å². The summed E-state index contributed by atoms with van der Waals surface area (Å²) in [5, 5.41) is 12.9. The molecule has 3 aromatic rings. The van der Waals surface area contributed by atoms with Gasteiger partial charge in [0.05, 0.1) is 25.0 Å². The number of para-hydroxylation sites is 1. The van der Waals surface area contributed by atoms with Crippen molar-refractivity contribution in [3.8, 4) is 40.0 Å². The second-order valence-corrected chi connectivity index (χ2v) is 10.0. The van der Waals surface area contributed by atoms with Gasteiger partial charge in [-0.2, -0.15) is 5.10 Å². The Kier molecular flexibility index (Phi) is 8.69. The average Bonchev–Trinajstić information content (AvgIpc) is 3.40. The van der Waals surface area contributed by atoms with Crippen LogP contribution < -0.4 is 10.5 Å². The topological polar surface area (TPSA) is 127 Å². The second kappa shape index (κ2) is 12.1. The van der Waals surface area contributed by atoms with E-state index in [4.69, 9.17) is 24.7 Å². The Bertz CT molecular complexity index is 1360. The van der Waals surface area contributed by atoms with Crippen LogP contribution in [0.4, 0.5) is 10.6 Å². The van der Waals surface area contributed by atoms with Gasteiger partial charge >= 0.3 is 6.09 Å². The van der Waals surface area contributed by atoms with Gasteiger partial charge < -0.3 is 29.6 Å². The van der Waals surface area contributed by atoms with Gasteiger partial charge in [0.2, 0.25) is 0 Å². The number of benzene rings is 1. The number of nitrogens with zero attached hydrogens (tertiary/aromatic N) is 5. The number of hydrogen-bond donors (Lipinski definition) is 1. The normalized spacial score (nSPS) is 16.2. The molecule has 11 heteroatoms. The molecule has 1 fully saturated rings. The molecule has 1 aliphatic rings. The largest absolute Gasteiger partial charge is 0.467 e. The molecule has 1 amide bonds. The Hall–Kier alpha value is -4.14. The molecule has 0 aliphatic carbocycles. The first kappa shape index (κ1) is 27.9. The van der Waals surface area contributed by atoms with Gasteiger partial charge in [-0.3, -0.25) is 4.68 Å². The summed E-state index contributed by atoms with van der Waals surface area (Å²) in [7, 11) is 1.56. The molecule has 0 spiro atoms. The van der Waals surface area contributed by atoms with E-state index in [2.05, 4.69) is 27.1 Å². The number of ether oxygens (including phenoxy) is 4. The fourth-order valence-corrected chi connectivity index (χ4v) is 3.89. The van der Waals surface area contributed by atoms with Gasteiger partial charge in [-0.05, 0) is 45.9 Å². The number of methoxy groups -OCH3 is 1. The third-order valence-electron chi connectivity index (χ3n) is 5.80. The van der Waals surface area contributed by atoms with Crippen LogP contribution in [0.5, 0.6) is 5.75 Å². The first-order valence-electron chi connectivity index (χ1n) is 12.6. The highest BCUT2D eigenvalue weighted by atomic mass is 16.7. The molecule has 2 aromatic heterocycles. The van der Waals surface area contributed by atoms with Crippen LogP contribution in [0.15, 0.2) is 42.7 Å². The van der Waals surface area contributed by atoms with E-state index in [1.54, 1.807) is 22.9 Å². The quantitative estimate of drug-likeness (QED) is 0.371. The molecule has 4 rings (SSSR count). The highest BCUT2D eigenvalue weighted by molar-refractivity contribution is 5.78. The van der Waals surface area contributed by atoms with Crippen molar-refractivity contribution in [1.82, 2.24) is 24.9 Å². The summed E-state index contributed by atoms with van der Waals surface area (Å²) < 4.78 is 23.7. The first-order valence-corrected chi connectivity index (χ1v) is 12.6. The lowest BCUT2D eigenvalue weighted by molar-refractivity contribution is -0.0237. The van der Waals surface area contributed by atoms with Crippen LogP contribution in [-0.2, 0) is 14.2 Å². The van der Waals surface area contributed by atoms with Crippen molar-refractivity contribution in [2.45, 2.75) is 45.4 Å². The minimum absolute atomic E-state index is 0.114. The van der Waals surface area contributed by atoms with Gasteiger partial charge in [-0.15, -0.1) is 10.2 Å². The Morgan fingerprint density at radius 1 is 1.26 bits per heavy atom. The van der Waals surface area contributed by atoms with Gasteiger partial charge in [0.15, 0.2) is 12.6 Å². The Balaban J connectivity index is 1.48. The molecule has 0 bridgehead atoms. The molecule has 1 unspecified atom stereocenters. The highest BCUT2D eigenvalue weighted by Crippen LogP contribution is 2.33. The van der Waals surface area contributed by atoms with E-state index in [-0.39, 0.29) is 24.7 Å². The van der Waals surface area contributed by atoms with Gasteiger partial charge in [-0.25, -0.2) is 4.79 Å². The van der Waals surface area contributed by atoms with E-state index in [1.807, 2.05) is 64.2 Å². The van der Waals surface area contributed by atoms with Gasteiger partial charge in [0.1, 0.15) is 23.5 Å². The van der Waals surface area contributed by atoms with Gasteiger partial charge in [0, 0.05) is 36.5 Å². The zero-order valence-electron chi connectivity index (χ0n) is 22.9. The van der Waals surface area contributed by atoms with Crippen LogP contribution in [0.3, 0.4) is 0 Å². The van der Waals surface area contributed by atoms with E-state index in [0.29, 0.717) is 36.7 Å². The second-order valence-electron chi connectivity index (χ2n) is 10.0. The molecular weight excluding hydrogens is 500 g/mol. The maximum atomic E-state index is 12.4. The van der Waals surface area contributed by atoms with Crippen LogP contribution in [0.2, 0.25) is 0 Å². The fraction of sp³-hybridized carbons (Fsp3) is 0.429. The predicted molar refractivity (Wildman–Crippen MR) is 146 cm³/mol. The minimum Gasteiger partial charge on any atom is -0.467 e. The summed E-state index contributed by atoms with van der Waals surface area (Å²) in [4.78, 5) is 14.0. The smallest absolute Gasteiger partial charge is 0.410 e. The lowest BCUT2D eigenvalue weighted by Gasteiger charge is -2.32. The van der Waals surface area contributed by atoms with Crippen LogP contribution in [0.25, 0.3) is 22.4 Å². The fourth-order valence-electron chi connectivity index (χ4n) is 3.89. The summed E-state index contributed by atoms with van der Waals surface area (Å²) >= 11 is 0. The highest BCUT2D eigenvalue weighted by Gasteiger charge is 2.27. The third-order valence-corrected chi connectivity index (χ3v) is 5.80. The number of nitrogens with two attached hydrogens (primary N) is 1. The van der Waals surface area contributed by atoms with E-state index in [9.17, 15) is 4.79 Å². The molecule has 1 saturated heterocycles. The number of anilines is 1. The lowest BCUT2D eigenvalue weighted by Crippen LogP contribution is -2.47. The molecule has 2 N–H and O–H groups in total. The number of rotatable bonds is 6. The summed E-state index contributed by atoms with van der Waals surface area (Å²) in [5.41, 5.74) is 8.47. The standard InChI is InChI=1S/C28H34N6O5/c1-19(10-11-21-17-33(12-13-37-21)27(35)39-28(2,3)4)34-16-20(15-30-34)23-14-24(31-32-26(23)29)22-8-6-7-9-25(22)38-18-36-5/h6-9,14-16,19,21H,12-13,17-18H2,1-5H3,(H2,29,32)/t19?,21-/m0/s1. The molecule has 1 aliphatic heterocycles. The molecule has 3 heterocycles. The van der Waals surface area contributed by atoms with Gasteiger partial charge in [0.25, 0.3) is 0 Å². The maximum absolute atomic E-state index is 12.4. The molecular formula is C28H34N6O5. The molecule has 39 heavy (non-hydrogen) atoms. The molecule has 11 nitrogen and oxygen atoms in total. The van der Waals surface area contributed by atoms with Crippen molar-refractivity contribution >= 4 is 11.9 Å². The number of nitrogen functional groups attached to an aromatic ring is 1. The van der Waals surface area contributed by atoms with Crippen molar-refractivity contribution in [1.29, 1.82) is 0 Å². The van der Waals surface area contributed by atoms with Crippen LogP contribution in [0.1, 0.15) is 33.7 Å². The number of hydrogen-bond acceptors (Lipinski definition) is 9. The summed E-state index contributed by atoms with van der Waals surface area (Å²) in [5.74, 6) is 7.21. The Labute approximate surface area is 228 Å². The van der Waals surface area contributed by atoms with Crippen molar-refractivity contribution in [3.05, 3.63) is 42.7 Å². The number of amides is 1. The number of aromatic nitrogens is 4. The monoisotopic (exact) mass is 534 g/mol. The molecule has 2 atom stereocenters. The lowest BCUT2D eigenvalue weighted by atomic mass is 10.1. The van der Waals surface area contributed by atoms with E-state index < -0.39 is 11.7 Å². The summed E-state index contributed by atoms with van der Waals surface area (Å²) in [6.45, 7) is 8.79. The van der Waals surface area contributed by atoms with E-state index in [0.717, 1.165) is 11.1 Å². The Morgan fingerprint density at radius 3 is 2.82 bits per heavy atom. The molecule has 0 saturated carbocycles. The third kappa shape index (κ3) is 7.25. The van der Waals surface area contributed by atoms with Crippen LogP contribution >= 0.6 is 0 Å². The molecule has 206 valence electrons. The minimum atomic E-state index is -0.557. The number of carbonyl (C=O) groups excluding carboxylic acids is 1. The summed E-state index contributed by atoms with van der Waals surface area (Å²) in [6, 6.07) is 9.11. The van der Waals surface area contributed by atoms with Crippen LogP contribution in [-0.4, -0.2) is 76.3 Å². The van der Waals surface area contributed by atoms with E-state index >= 15 is 0 Å². The number of carbonyl (C=O) groups is 1. The van der Waals surface area contributed by atoms with E-state index in [1.165, 1.54) is 0 Å². The first-order chi connectivity index (χ1) is 18.6. The van der Waals surface area contributed by atoms with Gasteiger partial charge in [-0.1, -0.05) is 24.0 Å². The molecule has 1 aromatic carbocycles. The molecule has 0 radical (unpaired) electrons. The Morgan fingerprint density at radius 2 is 2.05 bits per heavy atom. The average molecular weight is 535 g/mol. The van der Waals surface area contributed by atoms with Crippen molar-refractivity contribution in [2.75, 3.05) is 39.3 Å². The zero-order chi connectivity index (χ0) is 28.0.